The van der Waals surface area contributed by atoms with E-state index in [2.05, 4.69) is 5.32 Å². The molecule has 0 saturated heterocycles. The molecule has 0 spiro atoms. The number of esters is 1. The summed E-state index contributed by atoms with van der Waals surface area (Å²) in [5.41, 5.74) is 2.94. The number of benzene rings is 2. The average molecular weight is 353 g/mol. The Hall–Kier alpha value is -2.95. The van der Waals surface area contributed by atoms with Crippen LogP contribution in [0.5, 0.6) is 0 Å². The highest BCUT2D eigenvalue weighted by Gasteiger charge is 2.20. The molecule has 2 aromatic carbocycles. The smallest absolute Gasteiger partial charge is 0.326 e. The largest absolute Gasteiger partial charge is 0.453 e. The lowest BCUT2D eigenvalue weighted by Gasteiger charge is -2.13. The van der Waals surface area contributed by atoms with Crippen molar-refractivity contribution in [2.24, 2.45) is 0 Å². The van der Waals surface area contributed by atoms with Crippen LogP contribution in [0.3, 0.4) is 0 Å². The van der Waals surface area contributed by atoms with Gasteiger partial charge >= 0.3 is 5.97 Å². The lowest BCUT2D eigenvalue weighted by atomic mass is 10.0. The summed E-state index contributed by atoms with van der Waals surface area (Å²) in [5, 5.41) is 2.51. The van der Waals surface area contributed by atoms with Gasteiger partial charge in [0, 0.05) is 11.1 Å². The Balaban J connectivity index is 1.87. The van der Waals surface area contributed by atoms with Crippen molar-refractivity contribution >= 4 is 17.7 Å². The van der Waals surface area contributed by atoms with E-state index in [-0.39, 0.29) is 18.2 Å². The molecule has 0 saturated carbocycles. The van der Waals surface area contributed by atoms with Crippen LogP contribution in [-0.4, -0.2) is 30.3 Å². The Bertz CT molecular complexity index is 796. The van der Waals surface area contributed by atoms with E-state index in [1.165, 1.54) is 6.92 Å². The molecule has 26 heavy (non-hydrogen) atoms. The van der Waals surface area contributed by atoms with Crippen LogP contribution in [0.2, 0.25) is 0 Å². The lowest BCUT2D eigenvalue weighted by Crippen LogP contribution is -2.34. The first-order chi connectivity index (χ1) is 12.4. The van der Waals surface area contributed by atoms with Crippen LogP contribution >= 0.6 is 0 Å². The molecule has 5 heteroatoms. The molecule has 0 fully saturated rings. The number of hydrogen-bond acceptors (Lipinski definition) is 4. The quantitative estimate of drug-likeness (QED) is 0.613. The van der Waals surface area contributed by atoms with Gasteiger partial charge in [-0.15, -0.1) is 0 Å². The maximum Gasteiger partial charge on any atom is 0.326 e. The van der Waals surface area contributed by atoms with E-state index in [4.69, 9.17) is 4.74 Å². The number of aryl methyl sites for hydroxylation is 2. The summed E-state index contributed by atoms with van der Waals surface area (Å²) in [6.07, 6.45) is -0.0232. The Kier molecular flexibility index (Phi) is 6.67. The second-order valence-electron chi connectivity index (χ2n) is 6.04. The number of ether oxygens (including phenoxy) is 1. The zero-order valence-electron chi connectivity index (χ0n) is 15.2. The van der Waals surface area contributed by atoms with Crippen molar-refractivity contribution in [1.29, 1.82) is 0 Å². The summed E-state index contributed by atoms with van der Waals surface area (Å²) in [6.45, 7) is 5.08. The third kappa shape index (κ3) is 5.02. The van der Waals surface area contributed by atoms with E-state index in [1.807, 2.05) is 38.1 Å². The molecular formula is C21H23NO4. The van der Waals surface area contributed by atoms with Crippen LogP contribution in [0, 0.1) is 6.92 Å². The van der Waals surface area contributed by atoms with E-state index in [1.54, 1.807) is 24.3 Å². The predicted molar refractivity (Wildman–Crippen MR) is 99.2 cm³/mol. The van der Waals surface area contributed by atoms with Gasteiger partial charge in [0.05, 0.1) is 0 Å². The topological polar surface area (TPSA) is 72.5 Å². The van der Waals surface area contributed by atoms with E-state index < -0.39 is 12.1 Å². The second-order valence-corrected chi connectivity index (χ2v) is 6.04. The normalized spacial score (nSPS) is 11.5. The first-order valence-corrected chi connectivity index (χ1v) is 8.58. The Morgan fingerprint density at radius 2 is 1.69 bits per heavy atom. The number of amides is 1. The Morgan fingerprint density at radius 1 is 1.04 bits per heavy atom. The van der Waals surface area contributed by atoms with E-state index in [0.717, 1.165) is 17.5 Å². The number of carbonyl (C=O) groups excluding carboxylic acids is 3. The Morgan fingerprint density at radius 3 is 2.31 bits per heavy atom. The van der Waals surface area contributed by atoms with Gasteiger partial charge in [0.25, 0.3) is 5.91 Å². The molecule has 0 aliphatic heterocycles. The summed E-state index contributed by atoms with van der Waals surface area (Å²) in [7, 11) is 0. The molecule has 1 atom stereocenters. The van der Waals surface area contributed by atoms with Crippen molar-refractivity contribution in [1.82, 2.24) is 5.32 Å². The standard InChI is InChI=1S/C21H23NO4/c1-4-16-9-11-17(12-10-16)20(24)15(3)26-19(23)13-22-21(25)18-8-6-5-7-14(18)2/h5-12,15H,4,13H2,1-3H3,(H,22,25). The lowest BCUT2D eigenvalue weighted by molar-refractivity contribution is -0.145. The van der Waals surface area contributed by atoms with Crippen molar-refractivity contribution in [3.8, 4) is 0 Å². The van der Waals surface area contributed by atoms with Gasteiger partial charge in [0.2, 0.25) is 5.78 Å². The molecular weight excluding hydrogens is 330 g/mol. The molecule has 0 aliphatic carbocycles. The van der Waals surface area contributed by atoms with Crippen LogP contribution in [0.15, 0.2) is 48.5 Å². The molecule has 2 rings (SSSR count). The minimum atomic E-state index is -0.912. The molecule has 0 heterocycles. The summed E-state index contributed by atoms with van der Waals surface area (Å²) >= 11 is 0. The average Bonchev–Trinajstić information content (AvgIpc) is 2.66. The number of hydrogen-bond donors (Lipinski definition) is 1. The number of rotatable bonds is 7. The van der Waals surface area contributed by atoms with Crippen LogP contribution in [0.25, 0.3) is 0 Å². The zero-order chi connectivity index (χ0) is 19.1. The van der Waals surface area contributed by atoms with Gasteiger partial charge in [0.15, 0.2) is 6.10 Å². The Labute approximate surface area is 153 Å². The van der Waals surface area contributed by atoms with Gasteiger partial charge in [-0.25, -0.2) is 0 Å². The molecule has 1 amide bonds. The van der Waals surface area contributed by atoms with Crippen LogP contribution in [0.4, 0.5) is 0 Å². The first kappa shape index (κ1) is 19.4. The summed E-state index contributed by atoms with van der Waals surface area (Å²) < 4.78 is 5.14. The number of ketones is 1. The highest BCUT2D eigenvalue weighted by molar-refractivity contribution is 6.00. The van der Waals surface area contributed by atoms with Crippen LogP contribution in [-0.2, 0) is 16.0 Å². The first-order valence-electron chi connectivity index (χ1n) is 8.58. The number of Topliss-reactive ketones (excluding diaryl/α,β-unsaturated/α-hetero) is 1. The number of carbonyl (C=O) groups is 3. The third-order valence-electron chi connectivity index (χ3n) is 4.11. The zero-order valence-corrected chi connectivity index (χ0v) is 15.2. The van der Waals surface area contributed by atoms with Gasteiger partial charge < -0.3 is 10.1 Å². The molecule has 2 aromatic rings. The van der Waals surface area contributed by atoms with Gasteiger partial charge in [-0.2, -0.15) is 0 Å². The van der Waals surface area contributed by atoms with E-state index >= 15 is 0 Å². The highest BCUT2D eigenvalue weighted by Crippen LogP contribution is 2.10. The summed E-state index contributed by atoms with van der Waals surface area (Å²) in [4.78, 5) is 36.3. The highest BCUT2D eigenvalue weighted by atomic mass is 16.5. The summed E-state index contributed by atoms with van der Waals surface area (Å²) in [5.74, 6) is -1.28. The van der Waals surface area contributed by atoms with E-state index in [9.17, 15) is 14.4 Å². The molecule has 0 aromatic heterocycles. The SMILES string of the molecule is CCc1ccc(C(=O)C(C)OC(=O)CNC(=O)c2ccccc2C)cc1. The molecule has 0 aliphatic rings. The second kappa shape index (κ2) is 8.94. The molecule has 1 unspecified atom stereocenters. The van der Waals surface area contributed by atoms with Crippen molar-refractivity contribution < 1.29 is 19.1 Å². The van der Waals surface area contributed by atoms with Crippen LogP contribution in [0.1, 0.15) is 45.7 Å². The predicted octanol–water partition coefficient (Wildman–Crippen LogP) is 3.10. The van der Waals surface area contributed by atoms with Crippen molar-refractivity contribution in [2.75, 3.05) is 6.54 Å². The molecule has 1 N–H and O–H groups in total. The van der Waals surface area contributed by atoms with E-state index in [0.29, 0.717) is 11.1 Å². The fourth-order valence-corrected chi connectivity index (χ4v) is 2.51. The molecule has 0 radical (unpaired) electrons. The van der Waals surface area contributed by atoms with Gasteiger partial charge in [-0.05, 0) is 37.5 Å². The molecule has 5 nitrogen and oxygen atoms in total. The third-order valence-corrected chi connectivity index (χ3v) is 4.11. The van der Waals surface area contributed by atoms with Crippen LogP contribution < -0.4 is 5.32 Å². The molecule has 0 bridgehead atoms. The van der Waals surface area contributed by atoms with Crippen molar-refractivity contribution in [3.05, 3.63) is 70.8 Å². The summed E-state index contributed by atoms with van der Waals surface area (Å²) in [6, 6.07) is 14.3. The van der Waals surface area contributed by atoms with Crippen molar-refractivity contribution in [2.45, 2.75) is 33.3 Å². The fourth-order valence-electron chi connectivity index (χ4n) is 2.51. The maximum atomic E-state index is 12.3. The minimum absolute atomic E-state index is 0.272. The van der Waals surface area contributed by atoms with Gasteiger partial charge in [0.1, 0.15) is 6.54 Å². The number of nitrogens with one attached hydrogen (secondary N) is 1. The fraction of sp³-hybridized carbons (Fsp3) is 0.286. The van der Waals surface area contributed by atoms with Gasteiger partial charge in [-0.3, -0.25) is 14.4 Å². The molecule has 136 valence electrons. The van der Waals surface area contributed by atoms with Crippen molar-refractivity contribution in [3.63, 3.8) is 0 Å². The van der Waals surface area contributed by atoms with Gasteiger partial charge in [-0.1, -0.05) is 49.4 Å². The minimum Gasteiger partial charge on any atom is -0.453 e. The maximum absolute atomic E-state index is 12.3. The monoisotopic (exact) mass is 353 g/mol.